The number of anilines is 4. The van der Waals surface area contributed by atoms with Crippen LogP contribution in [0, 0.1) is 0 Å². The maximum Gasteiger partial charge on any atom is 0.252 e. The van der Waals surface area contributed by atoms with E-state index in [1.165, 1.54) is 24.5 Å². The molecule has 2 fully saturated rings. The molecule has 0 unspecified atom stereocenters. The van der Waals surface area contributed by atoms with Crippen molar-refractivity contribution in [3.05, 3.63) is 167 Å². The van der Waals surface area contributed by atoms with Gasteiger partial charge in [-0.3, -0.25) is 19.2 Å². The van der Waals surface area contributed by atoms with Crippen LogP contribution in [0.4, 0.5) is 40.8 Å². The third kappa shape index (κ3) is 18.1. The van der Waals surface area contributed by atoms with E-state index in [0.29, 0.717) is 62.2 Å². The number of benzene rings is 4. The molecular formula is C60H59BrCl3F4N13O4. The summed E-state index contributed by atoms with van der Waals surface area (Å²) in [5.41, 5.74) is 11.7. The Bertz CT molecular complexity index is 3700. The number of hydrogen-bond donors (Lipinski definition) is 8. The molecule has 444 valence electrons. The zero-order chi connectivity index (χ0) is 60.8. The van der Waals surface area contributed by atoms with Gasteiger partial charge in [0.05, 0.1) is 33.8 Å². The number of likely N-dealkylation sites (N-methyl/N-ethyl adjacent to an activating group) is 1. The highest BCUT2D eigenvalue weighted by atomic mass is 79.9. The van der Waals surface area contributed by atoms with Crippen molar-refractivity contribution in [2.24, 2.45) is 0 Å². The number of H-pyrrole nitrogens is 2. The fourth-order valence-electron chi connectivity index (χ4n) is 9.79. The Morgan fingerprint density at radius 3 is 1.54 bits per heavy atom. The summed E-state index contributed by atoms with van der Waals surface area (Å²) in [4.78, 5) is 73.2. The number of aromatic amines is 2. The number of hydrogen-bond acceptors (Lipinski definition) is 12. The highest BCUT2D eigenvalue weighted by molar-refractivity contribution is 9.09. The molecule has 0 spiro atoms. The van der Waals surface area contributed by atoms with Gasteiger partial charge in [-0.15, -0.1) is 0 Å². The number of nitrogens with zero attached hydrogens (tertiary/aromatic N) is 5. The number of nitrogens with two attached hydrogens (primary N) is 1. The minimum atomic E-state index is -3.01. The fraction of sp³-hybridized carbons (Fsp3) is 0.267. The standard InChI is InChI=1S/C31H32ClF2N7O2.C25H23ClF2N6O.C4H4BrClO/c1-41(2)13-5-8-27(42)37-20-11-9-19(10-12-20)29(43)38-21-14-22(16-31(33,34)15-21)39-30-36-18-25(32)28(40-30)24-17-35-26-7-4-3-6-23(24)26;26-20-13-31-24(34-22(20)19-12-30-21-4-2-1-3-18(19)21)33-17-9-16(10-25(27,28)11-17)32-23(35)14-5-7-15(29)8-6-14;5-3-1-2-4(6)7/h3-12,17-18,21-22,35H,13-16H2,1-2H3,(H,37,42)(H,38,43)(H,36,39,40);1-8,12-13,16-17,30H,9-11,29H2,(H,32,35)(H,31,33,34);1-2H,3H2/b8-5+;;2-1+/t21-,22+;16-,17+;/m11./s1. The summed E-state index contributed by atoms with van der Waals surface area (Å²) in [5.74, 6) is -6.78. The number of fused-ring (bicyclic) bond motifs is 2. The van der Waals surface area contributed by atoms with E-state index in [9.17, 15) is 36.7 Å². The monoisotopic (exact) mass is 1290 g/mol. The summed E-state index contributed by atoms with van der Waals surface area (Å²) in [5, 5.41) is 17.0. The average Bonchev–Trinajstić information content (AvgIpc) is 2.71. The van der Waals surface area contributed by atoms with Crippen molar-refractivity contribution in [2.45, 2.75) is 74.5 Å². The van der Waals surface area contributed by atoms with E-state index in [2.05, 4.69) is 72.4 Å². The van der Waals surface area contributed by atoms with Crippen molar-refractivity contribution >= 4 is 119 Å². The minimum absolute atomic E-state index is 0.173. The first-order valence-corrected chi connectivity index (χ1v) is 28.9. The van der Waals surface area contributed by atoms with Gasteiger partial charge in [0.15, 0.2) is 0 Å². The molecule has 8 aromatic rings. The molecule has 3 amide bonds. The van der Waals surface area contributed by atoms with Crippen molar-refractivity contribution in [3.63, 3.8) is 0 Å². The number of aromatic nitrogens is 6. The number of rotatable bonds is 16. The molecule has 0 aliphatic heterocycles. The Labute approximate surface area is 510 Å². The molecule has 17 nitrogen and oxygen atoms in total. The molecule has 0 radical (unpaired) electrons. The first-order chi connectivity index (χ1) is 40.6. The predicted octanol–water partition coefficient (Wildman–Crippen LogP) is 12.7. The van der Waals surface area contributed by atoms with Crippen LogP contribution < -0.4 is 32.3 Å². The Morgan fingerprint density at radius 1 is 0.659 bits per heavy atom. The van der Waals surface area contributed by atoms with Crippen LogP contribution in [-0.2, 0) is 9.59 Å². The first kappa shape index (κ1) is 63.1. The third-order valence-corrected chi connectivity index (χ3v) is 14.6. The topological polar surface area (TPSA) is 241 Å². The molecule has 9 N–H and O–H groups in total. The van der Waals surface area contributed by atoms with E-state index in [-0.39, 0.29) is 24.2 Å². The number of allylic oxidation sites excluding steroid dienone is 2. The predicted molar refractivity (Wildman–Crippen MR) is 331 cm³/mol. The lowest BCUT2D eigenvalue weighted by Gasteiger charge is -2.35. The molecule has 0 saturated heterocycles. The van der Waals surface area contributed by atoms with Crippen LogP contribution in [0.5, 0.6) is 0 Å². The summed E-state index contributed by atoms with van der Waals surface area (Å²) < 4.78 is 58.8. The number of nitrogens with one attached hydrogen (secondary N) is 7. The van der Waals surface area contributed by atoms with Crippen LogP contribution in [0.3, 0.4) is 0 Å². The summed E-state index contributed by atoms with van der Waals surface area (Å²) in [6.45, 7) is 0.627. The molecule has 2 saturated carbocycles. The zero-order valence-corrected chi connectivity index (χ0v) is 49.6. The van der Waals surface area contributed by atoms with E-state index >= 15 is 0 Å². The number of carbonyl (C=O) groups excluding carboxylic acids is 4. The Hall–Kier alpha value is -7.89. The highest BCUT2D eigenvalue weighted by Gasteiger charge is 2.43. The van der Waals surface area contributed by atoms with Gasteiger partial charge in [-0.05, 0) is 105 Å². The van der Waals surface area contributed by atoms with Gasteiger partial charge < -0.3 is 47.2 Å². The van der Waals surface area contributed by atoms with Gasteiger partial charge in [-0.2, -0.15) is 0 Å². The van der Waals surface area contributed by atoms with Gasteiger partial charge in [0.25, 0.3) is 23.7 Å². The van der Waals surface area contributed by atoms with Gasteiger partial charge in [-0.1, -0.05) is 87.7 Å². The van der Waals surface area contributed by atoms with E-state index in [4.69, 9.17) is 40.5 Å². The van der Waals surface area contributed by atoms with Crippen molar-refractivity contribution in [2.75, 3.05) is 47.7 Å². The molecule has 4 heterocycles. The maximum atomic E-state index is 14.8. The molecule has 4 aromatic carbocycles. The lowest BCUT2D eigenvalue weighted by molar-refractivity contribution is -0.112. The largest absolute Gasteiger partial charge is 0.399 e. The van der Waals surface area contributed by atoms with Gasteiger partial charge in [0.2, 0.25) is 23.0 Å². The van der Waals surface area contributed by atoms with Crippen LogP contribution in [0.1, 0.15) is 59.2 Å². The Morgan fingerprint density at radius 2 is 1.11 bits per heavy atom. The molecule has 85 heavy (non-hydrogen) atoms. The molecule has 0 bridgehead atoms. The van der Waals surface area contributed by atoms with Crippen molar-refractivity contribution < 1.29 is 36.7 Å². The Kier molecular flexibility index (Phi) is 21.4. The number of nitrogen functional groups attached to an aromatic ring is 1. The third-order valence-electron chi connectivity index (χ3n) is 13.5. The van der Waals surface area contributed by atoms with Crippen molar-refractivity contribution in [1.82, 2.24) is 45.4 Å². The molecule has 2 aliphatic rings. The smallest absolute Gasteiger partial charge is 0.252 e. The van der Waals surface area contributed by atoms with E-state index in [0.717, 1.165) is 32.9 Å². The van der Waals surface area contributed by atoms with Gasteiger partial charge in [0.1, 0.15) is 0 Å². The number of amides is 3. The molecule has 2 aliphatic carbocycles. The molecule has 4 atom stereocenters. The second-order valence-electron chi connectivity index (χ2n) is 20.5. The maximum absolute atomic E-state index is 14.8. The number of alkyl halides is 5. The van der Waals surface area contributed by atoms with Gasteiger partial charge in [0, 0.05) is 136 Å². The minimum Gasteiger partial charge on any atom is -0.399 e. The van der Waals surface area contributed by atoms with Crippen LogP contribution in [0.15, 0.2) is 146 Å². The normalized spacial score (nSPS) is 18.0. The van der Waals surface area contributed by atoms with Crippen LogP contribution in [0.25, 0.3) is 44.3 Å². The number of carbonyl (C=O) groups is 4. The van der Waals surface area contributed by atoms with Crippen LogP contribution in [-0.4, -0.2) is 120 Å². The lowest BCUT2D eigenvalue weighted by atomic mass is 9.87. The van der Waals surface area contributed by atoms with Crippen LogP contribution in [0.2, 0.25) is 10.0 Å². The summed E-state index contributed by atoms with van der Waals surface area (Å²) in [6, 6.07) is 25.2. The zero-order valence-electron chi connectivity index (χ0n) is 45.8. The van der Waals surface area contributed by atoms with Crippen LogP contribution >= 0.6 is 50.7 Å². The molecule has 10 rings (SSSR count). The van der Waals surface area contributed by atoms with E-state index in [1.54, 1.807) is 73.1 Å². The molecule has 4 aromatic heterocycles. The van der Waals surface area contributed by atoms with Crippen molar-refractivity contribution in [1.29, 1.82) is 0 Å². The summed E-state index contributed by atoms with van der Waals surface area (Å²) in [7, 11) is 3.79. The molecular weight excluding hydrogens is 1230 g/mol. The average molecular weight is 1290 g/mol. The van der Waals surface area contributed by atoms with E-state index < -0.39 is 78.8 Å². The lowest BCUT2D eigenvalue weighted by Crippen LogP contribution is -2.48. The SMILES string of the molecule is CN(C)C/C=C/C(=O)Nc1ccc(C(=O)N[C@@H]2C[C@H](Nc3ncc(Cl)c(-c4c[nH]c5ccccc45)n3)CC(F)(F)C2)cc1.Nc1ccc(C(=O)N[C@@H]2C[C@H](Nc3ncc(Cl)c(-c4c[nH]c5ccccc45)n3)CC(F)(F)C2)cc1.O=C(Cl)/C=C/CBr. The second-order valence-corrected chi connectivity index (χ2v) is 22.3. The van der Waals surface area contributed by atoms with Crippen molar-refractivity contribution in [3.8, 4) is 22.5 Å². The molecule has 25 heteroatoms. The highest BCUT2D eigenvalue weighted by Crippen LogP contribution is 2.38. The van der Waals surface area contributed by atoms with E-state index in [1.807, 2.05) is 67.5 Å². The number of para-hydroxylation sites is 2. The first-order valence-electron chi connectivity index (χ1n) is 26.7. The van der Waals surface area contributed by atoms with Gasteiger partial charge in [-0.25, -0.2) is 37.5 Å². The fourth-order valence-corrected chi connectivity index (χ4v) is 10.5. The number of halogens is 8. The summed E-state index contributed by atoms with van der Waals surface area (Å²) in [6.07, 6.45) is 11.4. The quantitative estimate of drug-likeness (QED) is 0.0148. The summed E-state index contributed by atoms with van der Waals surface area (Å²) >= 11 is 20.8. The second kappa shape index (κ2) is 28.8. The Balaban J connectivity index is 0.000000202. The van der Waals surface area contributed by atoms with Gasteiger partial charge >= 0.3 is 0 Å².